The first kappa shape index (κ1) is 17.8. The lowest BCUT2D eigenvalue weighted by Gasteiger charge is -2.35. The van der Waals surface area contributed by atoms with E-state index >= 15 is 0 Å². The van der Waals surface area contributed by atoms with Crippen molar-refractivity contribution in [3.63, 3.8) is 0 Å². The Morgan fingerprint density at radius 1 is 1.19 bits per heavy atom. The molecule has 0 saturated heterocycles. The number of nitrogens with one attached hydrogen (secondary N) is 1. The van der Waals surface area contributed by atoms with Gasteiger partial charge in [-0.3, -0.25) is 4.79 Å². The summed E-state index contributed by atoms with van der Waals surface area (Å²) < 4.78 is 50.1. The van der Waals surface area contributed by atoms with Crippen molar-refractivity contribution in [2.24, 2.45) is 0 Å². The van der Waals surface area contributed by atoms with E-state index in [2.05, 4.69) is 10.1 Å². The number of esters is 1. The highest BCUT2D eigenvalue weighted by molar-refractivity contribution is 6.03. The van der Waals surface area contributed by atoms with Gasteiger partial charge in [-0.05, 0) is 19.1 Å². The molecule has 1 aliphatic heterocycles. The molecule has 1 aliphatic rings. The standard InChI is InChI=1S/C18H14F3NO4/c1-17(10-6-4-3-5-7-10)16(24)22-13-8-11(15(23)25-2)12(18(19,20)21)9-14(13)26-17/h3-9H,1-2H3,(H,22,24)/t17-/m0/s1. The van der Waals surface area contributed by atoms with Crippen molar-refractivity contribution in [3.8, 4) is 5.75 Å². The minimum atomic E-state index is -4.80. The molecule has 0 bridgehead atoms. The Hall–Kier alpha value is -3.03. The zero-order valence-electron chi connectivity index (χ0n) is 13.8. The Balaban J connectivity index is 2.14. The predicted molar refractivity (Wildman–Crippen MR) is 85.8 cm³/mol. The van der Waals surface area contributed by atoms with Crippen molar-refractivity contribution in [2.75, 3.05) is 12.4 Å². The minimum absolute atomic E-state index is 0.0307. The van der Waals surface area contributed by atoms with Crippen LogP contribution >= 0.6 is 0 Å². The fraction of sp³-hybridized carbons (Fsp3) is 0.222. The van der Waals surface area contributed by atoms with E-state index in [1.54, 1.807) is 30.3 Å². The molecule has 0 aromatic heterocycles. The fourth-order valence-corrected chi connectivity index (χ4v) is 2.73. The summed E-state index contributed by atoms with van der Waals surface area (Å²) in [6.45, 7) is 1.46. The molecule has 0 aliphatic carbocycles. The first-order valence-corrected chi connectivity index (χ1v) is 7.56. The zero-order chi connectivity index (χ0) is 19.1. The highest BCUT2D eigenvalue weighted by Crippen LogP contribution is 2.43. The monoisotopic (exact) mass is 365 g/mol. The molecule has 8 heteroatoms. The number of carbonyl (C=O) groups is 2. The van der Waals surface area contributed by atoms with E-state index in [9.17, 15) is 22.8 Å². The average molecular weight is 365 g/mol. The van der Waals surface area contributed by atoms with Gasteiger partial charge in [0.15, 0.2) is 0 Å². The van der Waals surface area contributed by atoms with Gasteiger partial charge in [0.05, 0.1) is 23.9 Å². The summed E-state index contributed by atoms with van der Waals surface area (Å²) in [6.07, 6.45) is -4.80. The summed E-state index contributed by atoms with van der Waals surface area (Å²) in [4.78, 5) is 24.3. The van der Waals surface area contributed by atoms with Crippen LogP contribution in [0, 0.1) is 0 Å². The number of ether oxygens (including phenoxy) is 2. The van der Waals surface area contributed by atoms with Crippen molar-refractivity contribution in [2.45, 2.75) is 18.7 Å². The molecular formula is C18H14F3NO4. The third-order valence-electron chi connectivity index (χ3n) is 4.15. The van der Waals surface area contributed by atoms with Crippen molar-refractivity contribution in [1.82, 2.24) is 0 Å². The van der Waals surface area contributed by atoms with E-state index < -0.39 is 34.8 Å². The predicted octanol–water partition coefficient (Wildman–Crippen LogP) is 3.74. The summed E-state index contributed by atoms with van der Waals surface area (Å²) in [5, 5.41) is 2.51. The molecule has 3 rings (SSSR count). The van der Waals surface area contributed by atoms with Gasteiger partial charge in [0.1, 0.15) is 5.75 Å². The van der Waals surface area contributed by atoms with E-state index in [1.165, 1.54) is 6.92 Å². The van der Waals surface area contributed by atoms with Gasteiger partial charge in [0.2, 0.25) is 5.60 Å². The Kier molecular flexibility index (Phi) is 4.14. The van der Waals surface area contributed by atoms with Crippen LogP contribution in [0.5, 0.6) is 5.75 Å². The molecule has 2 aromatic rings. The van der Waals surface area contributed by atoms with Crippen LogP contribution in [0.3, 0.4) is 0 Å². The van der Waals surface area contributed by atoms with E-state index in [-0.39, 0.29) is 11.4 Å². The first-order chi connectivity index (χ1) is 12.2. The van der Waals surface area contributed by atoms with Crippen LogP contribution in [0.4, 0.5) is 18.9 Å². The van der Waals surface area contributed by atoms with Gasteiger partial charge >= 0.3 is 12.1 Å². The minimum Gasteiger partial charge on any atom is -0.471 e. The third-order valence-corrected chi connectivity index (χ3v) is 4.15. The van der Waals surface area contributed by atoms with Crippen molar-refractivity contribution in [1.29, 1.82) is 0 Å². The summed E-state index contributed by atoms with van der Waals surface area (Å²) in [5.74, 6) is -1.91. The molecule has 2 aromatic carbocycles. The summed E-state index contributed by atoms with van der Waals surface area (Å²) in [5.41, 5.74) is -2.96. The van der Waals surface area contributed by atoms with Crippen LogP contribution < -0.4 is 10.1 Å². The second-order valence-electron chi connectivity index (χ2n) is 5.84. The van der Waals surface area contributed by atoms with Crippen LogP contribution in [0.2, 0.25) is 0 Å². The molecule has 136 valence electrons. The lowest BCUT2D eigenvalue weighted by molar-refractivity contribution is -0.138. The van der Waals surface area contributed by atoms with Gasteiger partial charge in [-0.2, -0.15) is 13.2 Å². The lowest BCUT2D eigenvalue weighted by atomic mass is 9.92. The topological polar surface area (TPSA) is 64.6 Å². The molecule has 1 atom stereocenters. The van der Waals surface area contributed by atoms with Gasteiger partial charge in [-0.1, -0.05) is 30.3 Å². The highest BCUT2D eigenvalue weighted by Gasteiger charge is 2.44. The van der Waals surface area contributed by atoms with Crippen molar-refractivity contribution in [3.05, 3.63) is 59.2 Å². The van der Waals surface area contributed by atoms with E-state index in [4.69, 9.17) is 4.74 Å². The molecule has 0 saturated carbocycles. The molecule has 0 radical (unpaired) electrons. The van der Waals surface area contributed by atoms with Gasteiger partial charge < -0.3 is 14.8 Å². The van der Waals surface area contributed by atoms with Crippen molar-refractivity contribution >= 4 is 17.6 Å². The van der Waals surface area contributed by atoms with Crippen molar-refractivity contribution < 1.29 is 32.2 Å². The molecule has 0 unspecified atom stereocenters. The number of anilines is 1. The Morgan fingerprint density at radius 3 is 2.42 bits per heavy atom. The molecule has 5 nitrogen and oxygen atoms in total. The number of rotatable bonds is 2. The Morgan fingerprint density at radius 2 is 1.85 bits per heavy atom. The number of benzene rings is 2. The van der Waals surface area contributed by atoms with Crippen LogP contribution in [-0.4, -0.2) is 19.0 Å². The lowest BCUT2D eigenvalue weighted by Crippen LogP contribution is -2.46. The summed E-state index contributed by atoms with van der Waals surface area (Å²) in [6, 6.07) is 10.00. The molecule has 1 amide bonds. The van der Waals surface area contributed by atoms with Crippen LogP contribution in [0.25, 0.3) is 0 Å². The van der Waals surface area contributed by atoms with Gasteiger partial charge in [-0.15, -0.1) is 0 Å². The third kappa shape index (κ3) is 2.87. The maximum atomic E-state index is 13.4. The van der Waals surface area contributed by atoms with E-state index in [1.807, 2.05) is 0 Å². The quantitative estimate of drug-likeness (QED) is 0.824. The Bertz CT molecular complexity index is 880. The molecule has 26 heavy (non-hydrogen) atoms. The Labute approximate surface area is 146 Å². The summed E-state index contributed by atoms with van der Waals surface area (Å²) in [7, 11) is 0.976. The molecule has 1 N–H and O–H groups in total. The number of halogens is 3. The second-order valence-corrected chi connectivity index (χ2v) is 5.84. The number of fused-ring (bicyclic) bond motifs is 1. The SMILES string of the molecule is COC(=O)c1cc2c(cc1C(F)(F)F)O[C@@](C)(c1ccccc1)C(=O)N2. The summed E-state index contributed by atoms with van der Waals surface area (Å²) >= 11 is 0. The number of alkyl halides is 3. The molecule has 0 fully saturated rings. The van der Waals surface area contributed by atoms with E-state index in [0.717, 1.165) is 13.2 Å². The molecular weight excluding hydrogens is 351 g/mol. The van der Waals surface area contributed by atoms with Crippen LogP contribution in [-0.2, 0) is 21.3 Å². The maximum Gasteiger partial charge on any atom is 0.417 e. The maximum absolute atomic E-state index is 13.4. The average Bonchev–Trinajstić information content (AvgIpc) is 2.61. The number of methoxy groups -OCH3 is 1. The number of amides is 1. The van der Waals surface area contributed by atoms with Crippen LogP contribution in [0.1, 0.15) is 28.4 Å². The molecule has 1 heterocycles. The number of carbonyl (C=O) groups excluding carboxylic acids is 2. The number of hydrogen-bond acceptors (Lipinski definition) is 4. The van der Waals surface area contributed by atoms with Gasteiger partial charge in [0.25, 0.3) is 5.91 Å². The van der Waals surface area contributed by atoms with Gasteiger partial charge in [0, 0.05) is 5.56 Å². The van der Waals surface area contributed by atoms with E-state index in [0.29, 0.717) is 11.6 Å². The smallest absolute Gasteiger partial charge is 0.417 e. The second kappa shape index (κ2) is 6.05. The highest BCUT2D eigenvalue weighted by atomic mass is 19.4. The van der Waals surface area contributed by atoms with Crippen LogP contribution in [0.15, 0.2) is 42.5 Å². The van der Waals surface area contributed by atoms with Gasteiger partial charge in [-0.25, -0.2) is 4.79 Å². The fourth-order valence-electron chi connectivity index (χ4n) is 2.73. The zero-order valence-corrected chi connectivity index (χ0v) is 13.8. The largest absolute Gasteiger partial charge is 0.471 e. The normalized spacial score (nSPS) is 19.2. The first-order valence-electron chi connectivity index (χ1n) is 7.56. The number of hydrogen-bond donors (Lipinski definition) is 1. The molecule has 0 spiro atoms.